The van der Waals surface area contributed by atoms with Crippen molar-refractivity contribution in [2.24, 2.45) is 5.92 Å². The number of hydrogen-bond acceptors (Lipinski definition) is 6. The van der Waals surface area contributed by atoms with E-state index in [0.29, 0.717) is 25.3 Å². The number of piperidine rings is 1. The summed E-state index contributed by atoms with van der Waals surface area (Å²) in [5.41, 5.74) is 1.32. The second-order valence-corrected chi connectivity index (χ2v) is 6.34. The van der Waals surface area contributed by atoms with Crippen molar-refractivity contribution in [3.05, 3.63) is 48.3 Å². The molecule has 0 aromatic carbocycles. The van der Waals surface area contributed by atoms with Gasteiger partial charge in [0.1, 0.15) is 30.5 Å². The molecule has 1 saturated heterocycles. The zero-order valence-corrected chi connectivity index (χ0v) is 14.3. The van der Waals surface area contributed by atoms with Gasteiger partial charge in [0.25, 0.3) is 0 Å². The van der Waals surface area contributed by atoms with Crippen LogP contribution in [0, 0.1) is 5.92 Å². The van der Waals surface area contributed by atoms with E-state index in [1.54, 1.807) is 6.26 Å². The van der Waals surface area contributed by atoms with Gasteiger partial charge in [0, 0.05) is 19.5 Å². The molecule has 0 saturated carbocycles. The van der Waals surface area contributed by atoms with E-state index in [4.69, 9.17) is 14.2 Å². The lowest BCUT2D eigenvalue weighted by Gasteiger charge is -2.37. The molecule has 0 aromatic heterocycles. The number of carbonyl (C=O) groups is 2. The normalized spacial score (nSPS) is 24.7. The lowest BCUT2D eigenvalue weighted by atomic mass is 9.91. The first-order valence-electron chi connectivity index (χ1n) is 8.55. The van der Waals surface area contributed by atoms with Crippen LogP contribution in [-0.4, -0.2) is 42.9 Å². The number of carbonyl (C=O) groups excluding carboxylic acids is 2. The summed E-state index contributed by atoms with van der Waals surface area (Å²) < 4.78 is 15.7. The lowest BCUT2D eigenvalue weighted by Crippen LogP contribution is -2.50. The first-order chi connectivity index (χ1) is 12.2. The van der Waals surface area contributed by atoms with Crippen molar-refractivity contribution in [1.82, 2.24) is 4.90 Å². The number of likely N-dealkylation sites (tertiary alicyclic amines) is 1. The van der Waals surface area contributed by atoms with E-state index in [9.17, 15) is 9.59 Å². The average Bonchev–Trinajstić information content (AvgIpc) is 2.67. The number of ketones is 1. The Labute approximate surface area is 147 Å². The van der Waals surface area contributed by atoms with E-state index in [1.807, 2.05) is 0 Å². The fourth-order valence-electron chi connectivity index (χ4n) is 3.40. The smallest absolute Gasteiger partial charge is 0.317 e. The molecule has 2 aliphatic heterocycles. The predicted octanol–water partition coefficient (Wildman–Crippen LogP) is 2.44. The fourth-order valence-corrected chi connectivity index (χ4v) is 3.40. The zero-order valence-electron chi connectivity index (χ0n) is 14.3. The van der Waals surface area contributed by atoms with Crippen molar-refractivity contribution in [2.45, 2.75) is 31.7 Å². The zero-order chi connectivity index (χ0) is 17.6. The van der Waals surface area contributed by atoms with Crippen LogP contribution in [-0.2, 0) is 23.8 Å². The molecule has 0 radical (unpaired) electrons. The monoisotopic (exact) mass is 345 g/mol. The molecule has 134 valence electrons. The first-order valence-corrected chi connectivity index (χ1v) is 8.55. The number of nitrogens with zero attached hydrogens (tertiary/aromatic N) is 1. The number of hydrogen-bond donors (Lipinski definition) is 0. The van der Waals surface area contributed by atoms with E-state index >= 15 is 0 Å². The molecule has 2 atom stereocenters. The first kappa shape index (κ1) is 17.5. The van der Waals surface area contributed by atoms with Gasteiger partial charge in [-0.15, -0.1) is 0 Å². The summed E-state index contributed by atoms with van der Waals surface area (Å²) in [7, 11) is 1.32. The summed E-state index contributed by atoms with van der Waals surface area (Å²) in [5, 5.41) is 0. The summed E-state index contributed by atoms with van der Waals surface area (Å²) >= 11 is 0. The molecule has 0 amide bonds. The molecule has 25 heavy (non-hydrogen) atoms. The van der Waals surface area contributed by atoms with Crippen molar-refractivity contribution < 1.29 is 23.8 Å². The number of rotatable bonds is 5. The largest absolute Gasteiger partial charge is 0.468 e. The Balaban J connectivity index is 1.79. The van der Waals surface area contributed by atoms with Crippen molar-refractivity contribution >= 4 is 11.8 Å². The highest BCUT2D eigenvalue weighted by molar-refractivity contribution is 5.99. The highest BCUT2D eigenvalue weighted by Crippen LogP contribution is 2.29. The average molecular weight is 345 g/mol. The van der Waals surface area contributed by atoms with Crippen molar-refractivity contribution in [2.75, 3.05) is 20.2 Å². The van der Waals surface area contributed by atoms with Crippen LogP contribution in [0.15, 0.2) is 48.3 Å². The van der Waals surface area contributed by atoms with Crippen LogP contribution >= 0.6 is 0 Å². The van der Waals surface area contributed by atoms with Gasteiger partial charge in [-0.25, -0.2) is 0 Å². The number of esters is 1. The maximum Gasteiger partial charge on any atom is 0.317 e. The van der Waals surface area contributed by atoms with Crippen LogP contribution in [0.3, 0.4) is 0 Å². The van der Waals surface area contributed by atoms with Crippen LogP contribution in [0.2, 0.25) is 0 Å². The molecular weight excluding hydrogens is 322 g/mol. The van der Waals surface area contributed by atoms with Crippen LogP contribution in [0.25, 0.3) is 0 Å². The number of methoxy groups -OCH3 is 1. The minimum atomic E-state index is -0.734. The van der Waals surface area contributed by atoms with Gasteiger partial charge in [-0.05, 0) is 19.3 Å². The second-order valence-electron chi connectivity index (χ2n) is 6.34. The van der Waals surface area contributed by atoms with Crippen molar-refractivity contribution in [3.63, 3.8) is 0 Å². The fraction of sp³-hybridized carbons (Fsp3) is 0.474. The Morgan fingerprint density at radius 2 is 2.28 bits per heavy atom. The molecule has 2 heterocycles. The van der Waals surface area contributed by atoms with Gasteiger partial charge in [-0.3, -0.25) is 14.5 Å². The Morgan fingerprint density at radius 3 is 2.96 bits per heavy atom. The molecule has 0 aromatic rings. The van der Waals surface area contributed by atoms with E-state index in [2.05, 4.69) is 23.1 Å². The van der Waals surface area contributed by atoms with Crippen LogP contribution < -0.4 is 0 Å². The lowest BCUT2D eigenvalue weighted by molar-refractivity contribution is -0.152. The molecule has 0 bridgehead atoms. The van der Waals surface area contributed by atoms with E-state index in [-0.39, 0.29) is 11.8 Å². The van der Waals surface area contributed by atoms with Gasteiger partial charge in [0.2, 0.25) is 0 Å². The Morgan fingerprint density at radius 1 is 1.40 bits per heavy atom. The van der Waals surface area contributed by atoms with Gasteiger partial charge in [-0.2, -0.15) is 0 Å². The molecular formula is C19H23NO5. The highest BCUT2D eigenvalue weighted by Gasteiger charge is 2.38. The Bertz CT molecular complexity index is 638. The third-order valence-electron chi connectivity index (χ3n) is 4.78. The van der Waals surface area contributed by atoms with Crippen LogP contribution in [0.1, 0.15) is 25.7 Å². The molecule has 3 aliphatic rings. The summed E-state index contributed by atoms with van der Waals surface area (Å²) in [6.07, 6.45) is 14.0. The molecule has 1 fully saturated rings. The third-order valence-corrected chi connectivity index (χ3v) is 4.78. The molecule has 0 N–H and O–H groups in total. The minimum absolute atomic E-state index is 0.0589. The van der Waals surface area contributed by atoms with Crippen molar-refractivity contribution in [3.8, 4) is 0 Å². The van der Waals surface area contributed by atoms with Gasteiger partial charge in [0.15, 0.2) is 5.76 Å². The summed E-state index contributed by atoms with van der Waals surface area (Å²) in [6, 6.07) is -0.0806. The number of allylic oxidation sites excluding steroid dienone is 3. The van der Waals surface area contributed by atoms with Crippen LogP contribution in [0.5, 0.6) is 0 Å². The molecule has 6 heteroatoms. The summed E-state index contributed by atoms with van der Waals surface area (Å²) in [5.74, 6) is -0.572. The SMILES string of the molecule is COC(=O)C1CN(C(CC2=CC=CCC2)C2=COC=CO2)CCC1=O. The van der Waals surface area contributed by atoms with Gasteiger partial charge in [0.05, 0.1) is 13.2 Å². The standard InChI is InChI=1S/C19H23NO5/c1-23-19(22)15-12-20(8-7-17(15)21)16(18-13-24-9-10-25-18)11-14-5-3-2-4-6-14/h2-3,5,9-10,13,15-16H,4,6-8,11-12H2,1H3. The summed E-state index contributed by atoms with van der Waals surface area (Å²) in [6.45, 7) is 0.925. The van der Waals surface area contributed by atoms with E-state index < -0.39 is 11.9 Å². The molecule has 1 aliphatic carbocycles. The molecule has 3 rings (SSSR count). The summed E-state index contributed by atoms with van der Waals surface area (Å²) in [4.78, 5) is 26.2. The molecule has 2 unspecified atom stereocenters. The Kier molecular flexibility index (Phi) is 5.71. The highest BCUT2D eigenvalue weighted by atomic mass is 16.5. The maximum absolute atomic E-state index is 12.1. The topological polar surface area (TPSA) is 65.1 Å². The van der Waals surface area contributed by atoms with Gasteiger partial charge < -0.3 is 14.2 Å². The minimum Gasteiger partial charge on any atom is -0.468 e. The third kappa shape index (κ3) is 4.20. The maximum atomic E-state index is 12.1. The van der Waals surface area contributed by atoms with Gasteiger partial charge >= 0.3 is 5.97 Å². The Hall–Kier alpha value is -2.34. The number of ether oxygens (including phenoxy) is 3. The molecule has 0 spiro atoms. The van der Waals surface area contributed by atoms with Crippen LogP contribution in [0.4, 0.5) is 0 Å². The quantitative estimate of drug-likeness (QED) is 0.563. The second kappa shape index (κ2) is 8.16. The van der Waals surface area contributed by atoms with Gasteiger partial charge in [-0.1, -0.05) is 23.8 Å². The molecule has 6 nitrogen and oxygen atoms in total. The number of Topliss-reactive ketones (excluding diaryl/α,β-unsaturated/α-hetero) is 1. The van der Waals surface area contributed by atoms with E-state index in [0.717, 1.165) is 19.3 Å². The van der Waals surface area contributed by atoms with E-state index in [1.165, 1.54) is 25.2 Å². The van der Waals surface area contributed by atoms with Crippen molar-refractivity contribution in [1.29, 1.82) is 0 Å². The predicted molar refractivity (Wildman–Crippen MR) is 91.0 cm³/mol.